The summed E-state index contributed by atoms with van der Waals surface area (Å²) in [5, 5.41) is 10.3. The molecule has 0 spiro atoms. The molecule has 0 radical (unpaired) electrons. The van der Waals surface area contributed by atoms with Gasteiger partial charge in [0.05, 0.1) is 13.2 Å². The molecule has 124 valence electrons. The molecule has 1 aliphatic rings. The molecule has 1 aromatic carbocycles. The van der Waals surface area contributed by atoms with Crippen molar-refractivity contribution >= 4 is 11.0 Å². The molecule has 0 unspecified atom stereocenters. The Labute approximate surface area is 135 Å². The first-order chi connectivity index (χ1) is 11.2. The number of methoxy groups -OCH3 is 1. The van der Waals surface area contributed by atoms with E-state index in [2.05, 4.69) is 11.0 Å². The predicted molar refractivity (Wildman–Crippen MR) is 88.7 cm³/mol. The van der Waals surface area contributed by atoms with Crippen LogP contribution in [0, 0.1) is 0 Å². The van der Waals surface area contributed by atoms with Crippen molar-refractivity contribution in [2.45, 2.75) is 25.8 Å². The molecule has 0 amide bonds. The standard InChI is InChI=1S/C18H23NO4/c1-22-8-6-19(5-7-20)12-15-11-18(21)23-17-10-14-4-2-3-13(14)9-16(15)17/h9-11,20H,2-8,12H2,1H3. The van der Waals surface area contributed by atoms with E-state index in [4.69, 9.17) is 9.15 Å². The van der Waals surface area contributed by atoms with Gasteiger partial charge in [-0.25, -0.2) is 4.79 Å². The summed E-state index contributed by atoms with van der Waals surface area (Å²) in [6.45, 7) is 2.54. The number of hydrogen-bond acceptors (Lipinski definition) is 5. The summed E-state index contributed by atoms with van der Waals surface area (Å²) in [6.07, 6.45) is 3.31. The Morgan fingerprint density at radius 3 is 2.74 bits per heavy atom. The topological polar surface area (TPSA) is 62.9 Å². The minimum absolute atomic E-state index is 0.0818. The molecular formula is C18H23NO4. The monoisotopic (exact) mass is 317 g/mol. The lowest BCUT2D eigenvalue weighted by atomic mass is 10.0. The van der Waals surface area contributed by atoms with Gasteiger partial charge in [0.15, 0.2) is 0 Å². The van der Waals surface area contributed by atoms with Gasteiger partial charge in [-0.1, -0.05) is 0 Å². The fourth-order valence-electron chi connectivity index (χ4n) is 3.30. The Morgan fingerprint density at radius 1 is 1.22 bits per heavy atom. The maximum atomic E-state index is 11.9. The lowest BCUT2D eigenvalue weighted by molar-refractivity contribution is 0.127. The number of aryl methyl sites for hydroxylation is 2. The first-order valence-corrected chi connectivity index (χ1v) is 8.12. The van der Waals surface area contributed by atoms with Crippen LogP contribution in [0.4, 0.5) is 0 Å². The minimum Gasteiger partial charge on any atom is -0.423 e. The first-order valence-electron chi connectivity index (χ1n) is 8.12. The summed E-state index contributed by atoms with van der Waals surface area (Å²) in [7, 11) is 1.66. The zero-order valence-corrected chi connectivity index (χ0v) is 13.5. The molecule has 0 saturated heterocycles. The van der Waals surface area contributed by atoms with Crippen LogP contribution in [-0.4, -0.2) is 43.4 Å². The maximum Gasteiger partial charge on any atom is 0.336 e. The van der Waals surface area contributed by atoms with Crippen LogP contribution in [0.1, 0.15) is 23.1 Å². The zero-order chi connectivity index (χ0) is 16.2. The lowest BCUT2D eigenvalue weighted by Gasteiger charge is -2.21. The molecule has 0 aliphatic heterocycles. The average molecular weight is 317 g/mol. The second-order valence-corrected chi connectivity index (χ2v) is 6.05. The van der Waals surface area contributed by atoms with Crippen LogP contribution in [0.5, 0.6) is 0 Å². The van der Waals surface area contributed by atoms with Crippen LogP contribution in [0.3, 0.4) is 0 Å². The smallest absolute Gasteiger partial charge is 0.336 e. The van der Waals surface area contributed by atoms with Crippen LogP contribution >= 0.6 is 0 Å². The Balaban J connectivity index is 1.96. The number of rotatable bonds is 7. The summed E-state index contributed by atoms with van der Waals surface area (Å²) in [5.41, 5.74) is 3.96. The number of hydrogen-bond donors (Lipinski definition) is 1. The van der Waals surface area contributed by atoms with Gasteiger partial charge in [0.1, 0.15) is 5.58 Å². The van der Waals surface area contributed by atoms with E-state index in [1.807, 2.05) is 6.07 Å². The van der Waals surface area contributed by atoms with Crippen molar-refractivity contribution < 1.29 is 14.3 Å². The second kappa shape index (κ2) is 7.25. The second-order valence-electron chi connectivity index (χ2n) is 6.05. The van der Waals surface area contributed by atoms with Crippen LogP contribution in [0.25, 0.3) is 11.0 Å². The van der Waals surface area contributed by atoms with Gasteiger partial charge in [-0.3, -0.25) is 4.90 Å². The van der Waals surface area contributed by atoms with Gasteiger partial charge < -0.3 is 14.3 Å². The van der Waals surface area contributed by atoms with Crippen LogP contribution < -0.4 is 5.63 Å². The van der Waals surface area contributed by atoms with Crippen molar-refractivity contribution in [3.05, 3.63) is 45.3 Å². The highest BCUT2D eigenvalue weighted by Gasteiger charge is 2.16. The molecule has 23 heavy (non-hydrogen) atoms. The van der Waals surface area contributed by atoms with Gasteiger partial charge in [0.25, 0.3) is 0 Å². The zero-order valence-electron chi connectivity index (χ0n) is 13.5. The van der Waals surface area contributed by atoms with Crippen LogP contribution in [-0.2, 0) is 24.1 Å². The van der Waals surface area contributed by atoms with Crippen LogP contribution in [0.15, 0.2) is 27.4 Å². The molecule has 1 heterocycles. The summed E-state index contributed by atoms with van der Waals surface area (Å²) in [4.78, 5) is 14.0. The molecule has 1 aliphatic carbocycles. The number of nitrogens with zero attached hydrogens (tertiary/aromatic N) is 1. The first kappa shape index (κ1) is 16.2. The normalized spacial score (nSPS) is 13.9. The van der Waals surface area contributed by atoms with Gasteiger partial charge in [-0.15, -0.1) is 0 Å². The number of aliphatic hydroxyl groups excluding tert-OH is 1. The van der Waals surface area contributed by atoms with E-state index < -0.39 is 0 Å². The van der Waals surface area contributed by atoms with Crippen molar-refractivity contribution in [1.29, 1.82) is 0 Å². The van der Waals surface area contributed by atoms with Crippen molar-refractivity contribution in [3.8, 4) is 0 Å². The van der Waals surface area contributed by atoms with E-state index >= 15 is 0 Å². The summed E-state index contributed by atoms with van der Waals surface area (Å²) >= 11 is 0. The van der Waals surface area contributed by atoms with Gasteiger partial charge in [-0.05, 0) is 48.1 Å². The predicted octanol–water partition coefficient (Wildman–Crippen LogP) is 1.72. The van der Waals surface area contributed by atoms with Crippen molar-refractivity contribution in [3.63, 3.8) is 0 Å². The Morgan fingerprint density at radius 2 is 2.00 bits per heavy atom. The van der Waals surface area contributed by atoms with Gasteiger partial charge in [0.2, 0.25) is 0 Å². The third kappa shape index (κ3) is 3.63. The van der Waals surface area contributed by atoms with E-state index in [1.165, 1.54) is 11.1 Å². The Hall–Kier alpha value is -1.69. The molecule has 0 bridgehead atoms. The van der Waals surface area contributed by atoms with Crippen molar-refractivity contribution in [2.75, 3.05) is 33.4 Å². The quantitative estimate of drug-likeness (QED) is 0.788. The van der Waals surface area contributed by atoms with Crippen LogP contribution in [0.2, 0.25) is 0 Å². The molecule has 1 aromatic heterocycles. The third-order valence-corrected chi connectivity index (χ3v) is 4.46. The molecule has 0 saturated carbocycles. The van der Waals surface area contributed by atoms with Gasteiger partial charge in [0, 0.05) is 38.2 Å². The van der Waals surface area contributed by atoms with E-state index in [0.29, 0.717) is 31.8 Å². The lowest BCUT2D eigenvalue weighted by Crippen LogP contribution is -2.30. The molecule has 0 atom stereocenters. The Bertz CT molecular complexity index is 738. The van der Waals surface area contributed by atoms with Gasteiger partial charge >= 0.3 is 5.63 Å². The van der Waals surface area contributed by atoms with Crippen molar-refractivity contribution in [1.82, 2.24) is 4.90 Å². The molecule has 5 nitrogen and oxygen atoms in total. The number of aliphatic hydroxyl groups is 1. The average Bonchev–Trinajstić information content (AvgIpc) is 2.98. The number of benzene rings is 1. The number of fused-ring (bicyclic) bond motifs is 2. The summed E-state index contributed by atoms with van der Waals surface area (Å²) < 4.78 is 10.5. The highest BCUT2D eigenvalue weighted by Crippen LogP contribution is 2.28. The SMILES string of the molecule is COCCN(CCO)Cc1cc(=O)oc2cc3c(cc12)CCC3. The molecule has 2 aromatic rings. The Kier molecular flexibility index (Phi) is 5.10. The fourth-order valence-corrected chi connectivity index (χ4v) is 3.30. The van der Waals surface area contributed by atoms with E-state index in [0.717, 1.165) is 30.2 Å². The van der Waals surface area contributed by atoms with Crippen molar-refractivity contribution in [2.24, 2.45) is 0 Å². The third-order valence-electron chi connectivity index (χ3n) is 4.46. The fraction of sp³-hybridized carbons (Fsp3) is 0.500. The molecule has 3 rings (SSSR count). The van der Waals surface area contributed by atoms with Gasteiger partial charge in [-0.2, -0.15) is 0 Å². The van der Waals surface area contributed by atoms with E-state index in [1.54, 1.807) is 13.2 Å². The summed E-state index contributed by atoms with van der Waals surface area (Å²) in [6, 6.07) is 5.76. The molecule has 1 N–H and O–H groups in total. The highest BCUT2D eigenvalue weighted by molar-refractivity contribution is 5.82. The highest BCUT2D eigenvalue weighted by atomic mass is 16.5. The maximum absolute atomic E-state index is 11.9. The number of ether oxygens (including phenoxy) is 1. The molecule has 5 heteroatoms. The van der Waals surface area contributed by atoms with E-state index in [9.17, 15) is 9.90 Å². The molecule has 0 fully saturated rings. The summed E-state index contributed by atoms with van der Waals surface area (Å²) in [5.74, 6) is 0. The minimum atomic E-state index is -0.318. The van der Waals surface area contributed by atoms with E-state index in [-0.39, 0.29) is 12.2 Å². The molecular weight excluding hydrogens is 294 g/mol. The largest absolute Gasteiger partial charge is 0.423 e.